The molecule has 1 amide bonds. The van der Waals surface area contributed by atoms with Gasteiger partial charge in [0.25, 0.3) is 5.91 Å². The van der Waals surface area contributed by atoms with E-state index < -0.39 is 0 Å². The van der Waals surface area contributed by atoms with Gasteiger partial charge in [-0.1, -0.05) is 28.1 Å². The minimum atomic E-state index is -0.340. The summed E-state index contributed by atoms with van der Waals surface area (Å²) in [5.41, 5.74) is 2.35. The first-order valence-corrected chi connectivity index (χ1v) is 12.7. The van der Waals surface area contributed by atoms with Crippen molar-refractivity contribution in [2.45, 2.75) is 13.5 Å². The van der Waals surface area contributed by atoms with Gasteiger partial charge in [-0.15, -0.1) is 0 Å². The van der Waals surface area contributed by atoms with Crippen molar-refractivity contribution in [2.24, 2.45) is 4.99 Å². The Morgan fingerprint density at radius 2 is 1.79 bits per heavy atom. The molecular weight excluding hydrogens is 587 g/mol. The number of benzene rings is 3. The highest BCUT2D eigenvalue weighted by atomic mass is 79.9. The van der Waals surface area contributed by atoms with Crippen LogP contribution < -0.4 is 14.8 Å². The molecule has 1 saturated heterocycles. The van der Waals surface area contributed by atoms with Crippen LogP contribution in [-0.2, 0) is 11.4 Å². The highest BCUT2D eigenvalue weighted by molar-refractivity contribution is 9.10. The number of nitrogens with zero attached hydrogens (tertiary/aromatic N) is 1. The van der Waals surface area contributed by atoms with Gasteiger partial charge in [0.05, 0.1) is 21.7 Å². The summed E-state index contributed by atoms with van der Waals surface area (Å²) in [5.74, 6) is 0.571. The van der Waals surface area contributed by atoms with Crippen LogP contribution in [-0.4, -0.2) is 17.7 Å². The largest absolute Gasteiger partial charge is 0.490 e. The maximum absolute atomic E-state index is 13.1. The van der Waals surface area contributed by atoms with Gasteiger partial charge in [-0.2, -0.15) is 0 Å². The number of rotatable bonds is 7. The van der Waals surface area contributed by atoms with Crippen molar-refractivity contribution >= 4 is 66.5 Å². The topological polar surface area (TPSA) is 59.9 Å². The lowest BCUT2D eigenvalue weighted by molar-refractivity contribution is -0.115. The maximum atomic E-state index is 13.1. The van der Waals surface area contributed by atoms with Crippen LogP contribution in [0.4, 0.5) is 10.1 Å². The third kappa shape index (κ3) is 6.28. The molecular formula is C25H19Br2FN2O3S. The van der Waals surface area contributed by atoms with E-state index in [0.29, 0.717) is 44.9 Å². The Kier molecular flexibility index (Phi) is 8.07. The number of halogens is 3. The van der Waals surface area contributed by atoms with Crippen LogP contribution in [0.2, 0.25) is 0 Å². The molecule has 0 aliphatic carbocycles. The van der Waals surface area contributed by atoms with Crippen molar-refractivity contribution in [1.82, 2.24) is 5.32 Å². The van der Waals surface area contributed by atoms with Gasteiger partial charge in [-0.25, -0.2) is 9.38 Å². The molecule has 3 aromatic carbocycles. The highest BCUT2D eigenvalue weighted by Gasteiger charge is 2.24. The number of hydrogen-bond acceptors (Lipinski definition) is 5. The van der Waals surface area contributed by atoms with Gasteiger partial charge in [0.15, 0.2) is 16.7 Å². The Morgan fingerprint density at radius 1 is 1.06 bits per heavy atom. The molecule has 0 unspecified atom stereocenters. The monoisotopic (exact) mass is 604 g/mol. The Hall–Kier alpha value is -2.62. The lowest BCUT2D eigenvalue weighted by atomic mass is 10.1. The summed E-state index contributed by atoms with van der Waals surface area (Å²) in [6.45, 7) is 2.74. The Morgan fingerprint density at radius 3 is 2.50 bits per heavy atom. The number of ether oxygens (including phenoxy) is 2. The van der Waals surface area contributed by atoms with Crippen molar-refractivity contribution in [3.8, 4) is 11.5 Å². The van der Waals surface area contributed by atoms with Crippen LogP contribution in [0.5, 0.6) is 11.5 Å². The summed E-state index contributed by atoms with van der Waals surface area (Å²) in [4.78, 5) is 17.3. The van der Waals surface area contributed by atoms with E-state index >= 15 is 0 Å². The second kappa shape index (κ2) is 11.2. The molecule has 1 aliphatic rings. The molecule has 1 aliphatic heterocycles. The number of amides is 1. The molecule has 0 aromatic heterocycles. The van der Waals surface area contributed by atoms with Crippen LogP contribution in [0.15, 0.2) is 79.5 Å². The standard InChI is InChI=1S/C25H19Br2FN2O3S/c1-2-32-21-12-16(11-20(27)23(21)33-14-15-3-5-17(26)6-4-15)13-22-24(31)30-25(34-22)29-19-9-7-18(28)8-10-19/h3-13H,2,14H2,1H3,(H,29,30,31)/b22-13+. The predicted octanol–water partition coefficient (Wildman–Crippen LogP) is 7.22. The fourth-order valence-corrected chi connectivity index (χ4v) is 4.76. The lowest BCUT2D eigenvalue weighted by Crippen LogP contribution is -2.19. The van der Waals surface area contributed by atoms with Crippen LogP contribution in [0.25, 0.3) is 6.08 Å². The first kappa shape index (κ1) is 24.5. The summed E-state index contributed by atoms with van der Waals surface area (Å²) in [6.07, 6.45) is 1.76. The second-order valence-corrected chi connectivity index (χ2v) is 9.94. The van der Waals surface area contributed by atoms with Gasteiger partial charge in [-0.3, -0.25) is 4.79 Å². The smallest absolute Gasteiger partial charge is 0.264 e. The number of carbonyl (C=O) groups is 1. The Labute approximate surface area is 217 Å². The molecule has 4 rings (SSSR count). The third-order valence-corrected chi connectivity index (χ3v) is 6.66. The van der Waals surface area contributed by atoms with Crippen LogP contribution in [0, 0.1) is 5.82 Å². The zero-order chi connectivity index (χ0) is 24.1. The molecule has 0 bridgehead atoms. The first-order valence-electron chi connectivity index (χ1n) is 10.3. The molecule has 5 nitrogen and oxygen atoms in total. The SMILES string of the molecule is CCOc1cc(/C=C2/SC(=Nc3ccc(F)cc3)NC2=O)cc(Br)c1OCc1ccc(Br)cc1. The molecule has 1 N–H and O–H groups in total. The number of hydrogen-bond donors (Lipinski definition) is 1. The van der Waals surface area contributed by atoms with Crippen molar-refractivity contribution in [3.05, 3.63) is 91.5 Å². The molecule has 9 heteroatoms. The second-order valence-electron chi connectivity index (χ2n) is 7.14. The van der Waals surface area contributed by atoms with Gasteiger partial charge in [0.1, 0.15) is 12.4 Å². The van der Waals surface area contributed by atoms with E-state index in [1.165, 1.54) is 23.9 Å². The van der Waals surface area contributed by atoms with Crippen molar-refractivity contribution in [2.75, 3.05) is 6.61 Å². The normalized spacial score (nSPS) is 15.6. The van der Waals surface area contributed by atoms with Gasteiger partial charge >= 0.3 is 0 Å². The molecule has 0 atom stereocenters. The van der Waals surface area contributed by atoms with Crippen molar-refractivity contribution < 1.29 is 18.7 Å². The third-order valence-electron chi connectivity index (χ3n) is 4.63. The minimum absolute atomic E-state index is 0.254. The molecule has 1 fully saturated rings. The lowest BCUT2D eigenvalue weighted by Gasteiger charge is -2.15. The van der Waals surface area contributed by atoms with E-state index in [0.717, 1.165) is 15.6 Å². The fraction of sp³-hybridized carbons (Fsp3) is 0.120. The van der Waals surface area contributed by atoms with E-state index in [9.17, 15) is 9.18 Å². The zero-order valence-corrected chi connectivity index (χ0v) is 22.0. The van der Waals surface area contributed by atoms with E-state index in [1.54, 1.807) is 18.2 Å². The van der Waals surface area contributed by atoms with Crippen LogP contribution in [0.3, 0.4) is 0 Å². The number of thioether (sulfide) groups is 1. The Bertz CT molecular complexity index is 1260. The first-order chi connectivity index (χ1) is 16.4. The maximum Gasteiger partial charge on any atom is 0.264 e. The van der Waals surface area contributed by atoms with Gasteiger partial charge in [0.2, 0.25) is 0 Å². The molecule has 0 saturated carbocycles. The summed E-state index contributed by atoms with van der Waals surface area (Å²) in [6, 6.07) is 17.3. The fourth-order valence-electron chi connectivity index (χ4n) is 3.08. The highest BCUT2D eigenvalue weighted by Crippen LogP contribution is 2.39. The molecule has 3 aromatic rings. The Balaban J connectivity index is 1.54. The molecule has 1 heterocycles. The number of amidine groups is 1. The number of nitrogens with one attached hydrogen (secondary N) is 1. The zero-order valence-electron chi connectivity index (χ0n) is 18.0. The van der Waals surface area contributed by atoms with Crippen molar-refractivity contribution in [1.29, 1.82) is 0 Å². The summed E-state index contributed by atoms with van der Waals surface area (Å²) < 4.78 is 26.7. The average molecular weight is 606 g/mol. The number of aliphatic imine (C=N–C) groups is 1. The summed E-state index contributed by atoms with van der Waals surface area (Å²) in [5, 5.41) is 3.17. The average Bonchev–Trinajstić information content (AvgIpc) is 3.14. The van der Waals surface area contributed by atoms with E-state index in [4.69, 9.17) is 9.47 Å². The van der Waals surface area contributed by atoms with Crippen LogP contribution >= 0.6 is 43.6 Å². The van der Waals surface area contributed by atoms with Gasteiger partial charge in [-0.05, 0) is 100 Å². The van der Waals surface area contributed by atoms with Crippen molar-refractivity contribution in [3.63, 3.8) is 0 Å². The summed E-state index contributed by atoms with van der Waals surface area (Å²) in [7, 11) is 0. The number of carbonyl (C=O) groups excluding carboxylic acids is 1. The summed E-state index contributed by atoms with van der Waals surface area (Å²) >= 11 is 8.22. The molecule has 0 radical (unpaired) electrons. The molecule has 0 spiro atoms. The van der Waals surface area contributed by atoms with Gasteiger partial charge < -0.3 is 14.8 Å². The van der Waals surface area contributed by atoms with Gasteiger partial charge in [0, 0.05) is 4.47 Å². The predicted molar refractivity (Wildman–Crippen MR) is 141 cm³/mol. The molecule has 174 valence electrons. The molecule has 34 heavy (non-hydrogen) atoms. The van der Waals surface area contributed by atoms with E-state index in [-0.39, 0.29) is 11.7 Å². The van der Waals surface area contributed by atoms with Crippen LogP contribution in [0.1, 0.15) is 18.1 Å². The minimum Gasteiger partial charge on any atom is -0.490 e. The van der Waals surface area contributed by atoms with E-state index in [2.05, 4.69) is 42.2 Å². The van der Waals surface area contributed by atoms with E-state index in [1.807, 2.05) is 43.3 Å². The quantitative estimate of drug-likeness (QED) is 0.289.